The molecule has 1 aliphatic heterocycles. The molecule has 1 atom stereocenters. The summed E-state index contributed by atoms with van der Waals surface area (Å²) in [5, 5.41) is 9.44. The van der Waals surface area contributed by atoms with Crippen LogP contribution in [0.15, 0.2) is 17.1 Å². The Morgan fingerprint density at radius 1 is 1.67 bits per heavy atom. The minimum Gasteiger partial charge on any atom is -0.380 e. The third-order valence-corrected chi connectivity index (χ3v) is 2.66. The van der Waals surface area contributed by atoms with Crippen molar-refractivity contribution in [2.24, 2.45) is 0 Å². The van der Waals surface area contributed by atoms with Gasteiger partial charge in [0.05, 0.1) is 11.9 Å². The van der Waals surface area contributed by atoms with Gasteiger partial charge in [0.15, 0.2) is 0 Å². The molecule has 1 aliphatic rings. The summed E-state index contributed by atoms with van der Waals surface area (Å²) in [6.45, 7) is 2.18. The Morgan fingerprint density at radius 2 is 2.53 bits per heavy atom. The third-order valence-electron chi connectivity index (χ3n) is 2.66. The second-order valence-electron chi connectivity index (χ2n) is 4.08. The lowest BCUT2D eigenvalue weighted by molar-refractivity contribution is 0.261. The van der Waals surface area contributed by atoms with Gasteiger partial charge < -0.3 is 10.2 Å². The van der Waals surface area contributed by atoms with Gasteiger partial charge in [-0.15, -0.1) is 0 Å². The molecule has 0 aliphatic carbocycles. The largest absolute Gasteiger partial charge is 0.380 e. The molecule has 82 valence electrons. The lowest BCUT2D eigenvalue weighted by Crippen LogP contribution is -2.39. The summed E-state index contributed by atoms with van der Waals surface area (Å²) in [6.07, 6.45) is 4.00. The molecule has 2 N–H and O–H groups in total. The van der Waals surface area contributed by atoms with Crippen LogP contribution in [0.4, 0.5) is 5.69 Å². The first-order valence-corrected chi connectivity index (χ1v) is 5.24. The molecule has 0 spiro atoms. The second kappa shape index (κ2) is 4.44. The van der Waals surface area contributed by atoms with E-state index in [0.717, 1.165) is 25.2 Å². The Hall–Kier alpha value is -1.36. The molecular formula is C10H16N4O. The SMILES string of the molecule is CN1CCCC(Nc2cn[nH]c(=O)c2)C1. The van der Waals surface area contributed by atoms with Crippen molar-refractivity contribution in [1.82, 2.24) is 15.1 Å². The number of likely N-dealkylation sites (N-methyl/N-ethyl adjacent to an activating group) is 1. The van der Waals surface area contributed by atoms with Gasteiger partial charge in [-0.25, -0.2) is 5.10 Å². The van der Waals surface area contributed by atoms with Crippen molar-refractivity contribution in [3.05, 3.63) is 22.6 Å². The highest BCUT2D eigenvalue weighted by atomic mass is 16.1. The van der Waals surface area contributed by atoms with Gasteiger partial charge >= 0.3 is 0 Å². The highest BCUT2D eigenvalue weighted by Crippen LogP contribution is 2.12. The fourth-order valence-electron chi connectivity index (χ4n) is 1.98. The molecule has 0 aromatic carbocycles. The van der Waals surface area contributed by atoms with Gasteiger partial charge in [-0.2, -0.15) is 5.10 Å². The molecule has 1 saturated heterocycles. The monoisotopic (exact) mass is 208 g/mol. The normalized spacial score (nSPS) is 22.6. The highest BCUT2D eigenvalue weighted by molar-refractivity contribution is 5.39. The van der Waals surface area contributed by atoms with Crippen LogP contribution < -0.4 is 10.9 Å². The fourth-order valence-corrected chi connectivity index (χ4v) is 1.98. The number of hydrogen-bond donors (Lipinski definition) is 2. The van der Waals surface area contributed by atoms with Crippen molar-refractivity contribution in [2.75, 3.05) is 25.5 Å². The smallest absolute Gasteiger partial charge is 0.266 e. The minimum atomic E-state index is -0.163. The summed E-state index contributed by atoms with van der Waals surface area (Å²) in [7, 11) is 2.11. The molecule has 1 unspecified atom stereocenters. The van der Waals surface area contributed by atoms with E-state index in [2.05, 4.69) is 27.5 Å². The number of nitrogens with one attached hydrogen (secondary N) is 2. The van der Waals surface area contributed by atoms with Gasteiger partial charge in [0.1, 0.15) is 0 Å². The lowest BCUT2D eigenvalue weighted by Gasteiger charge is -2.30. The van der Waals surface area contributed by atoms with Gasteiger partial charge in [0, 0.05) is 18.7 Å². The number of piperidine rings is 1. The van der Waals surface area contributed by atoms with E-state index >= 15 is 0 Å². The van der Waals surface area contributed by atoms with E-state index in [0.29, 0.717) is 6.04 Å². The number of aromatic amines is 1. The van der Waals surface area contributed by atoms with Gasteiger partial charge in [-0.1, -0.05) is 0 Å². The molecule has 2 rings (SSSR count). The molecule has 1 aromatic heterocycles. The first-order valence-electron chi connectivity index (χ1n) is 5.24. The first kappa shape index (κ1) is 10.2. The van der Waals surface area contributed by atoms with Crippen LogP contribution in [-0.4, -0.2) is 41.3 Å². The number of anilines is 1. The van der Waals surface area contributed by atoms with E-state index in [-0.39, 0.29) is 5.56 Å². The zero-order valence-electron chi connectivity index (χ0n) is 8.86. The average molecular weight is 208 g/mol. The van der Waals surface area contributed by atoms with Crippen LogP contribution >= 0.6 is 0 Å². The summed E-state index contributed by atoms with van der Waals surface area (Å²) in [6, 6.07) is 1.97. The average Bonchev–Trinajstić information content (AvgIpc) is 2.17. The molecule has 0 radical (unpaired) electrons. The lowest BCUT2D eigenvalue weighted by atomic mass is 10.1. The van der Waals surface area contributed by atoms with Gasteiger partial charge in [0.2, 0.25) is 0 Å². The third kappa shape index (κ3) is 2.79. The zero-order chi connectivity index (χ0) is 10.7. The molecule has 5 heteroatoms. The molecule has 0 saturated carbocycles. The maximum Gasteiger partial charge on any atom is 0.266 e. The predicted octanol–water partition coefficient (Wildman–Crippen LogP) is 0.276. The summed E-state index contributed by atoms with van der Waals surface area (Å²) in [5.74, 6) is 0. The summed E-state index contributed by atoms with van der Waals surface area (Å²) < 4.78 is 0. The standard InChI is InChI=1S/C10H16N4O/c1-14-4-2-3-8(7-14)12-9-5-10(15)13-11-6-9/h5-6,8H,2-4,7H2,1H3,(H2,12,13,15). The number of rotatable bonds is 2. The van der Waals surface area contributed by atoms with E-state index in [9.17, 15) is 4.79 Å². The number of H-pyrrole nitrogens is 1. The molecule has 5 nitrogen and oxygen atoms in total. The maximum absolute atomic E-state index is 11.0. The molecule has 0 bridgehead atoms. The topological polar surface area (TPSA) is 61.0 Å². The second-order valence-corrected chi connectivity index (χ2v) is 4.08. The highest BCUT2D eigenvalue weighted by Gasteiger charge is 2.16. The van der Waals surface area contributed by atoms with E-state index in [4.69, 9.17) is 0 Å². The van der Waals surface area contributed by atoms with Gasteiger partial charge in [-0.05, 0) is 26.4 Å². The molecule has 1 aromatic rings. The van der Waals surface area contributed by atoms with Gasteiger partial charge in [-0.3, -0.25) is 4.79 Å². The van der Waals surface area contributed by atoms with Crippen molar-refractivity contribution < 1.29 is 0 Å². The van der Waals surface area contributed by atoms with Crippen molar-refractivity contribution in [2.45, 2.75) is 18.9 Å². The Kier molecular flexibility index (Phi) is 3.01. The summed E-state index contributed by atoms with van der Waals surface area (Å²) >= 11 is 0. The number of aromatic nitrogens is 2. The molecule has 2 heterocycles. The Bertz CT molecular complexity index is 376. The molecule has 15 heavy (non-hydrogen) atoms. The van der Waals surface area contributed by atoms with Crippen molar-refractivity contribution in [3.63, 3.8) is 0 Å². The van der Waals surface area contributed by atoms with Crippen molar-refractivity contribution in [3.8, 4) is 0 Å². The maximum atomic E-state index is 11.0. The number of nitrogens with zero attached hydrogens (tertiary/aromatic N) is 2. The van der Waals surface area contributed by atoms with Crippen LogP contribution in [0.3, 0.4) is 0 Å². The van der Waals surface area contributed by atoms with E-state index < -0.39 is 0 Å². The van der Waals surface area contributed by atoms with Gasteiger partial charge in [0.25, 0.3) is 5.56 Å². The Labute approximate surface area is 88.5 Å². The van der Waals surface area contributed by atoms with Crippen LogP contribution in [0.2, 0.25) is 0 Å². The van der Waals surface area contributed by atoms with Crippen LogP contribution in [0, 0.1) is 0 Å². The first-order chi connectivity index (χ1) is 7.24. The van der Waals surface area contributed by atoms with Crippen molar-refractivity contribution in [1.29, 1.82) is 0 Å². The Morgan fingerprint density at radius 3 is 3.27 bits per heavy atom. The predicted molar refractivity (Wildman–Crippen MR) is 59.0 cm³/mol. The molecule has 0 amide bonds. The number of likely N-dealkylation sites (tertiary alicyclic amines) is 1. The van der Waals surface area contributed by atoms with Crippen LogP contribution in [0.5, 0.6) is 0 Å². The van der Waals surface area contributed by atoms with Crippen LogP contribution in [0.25, 0.3) is 0 Å². The van der Waals surface area contributed by atoms with Crippen LogP contribution in [0.1, 0.15) is 12.8 Å². The quantitative estimate of drug-likeness (QED) is 0.732. The summed E-state index contributed by atoms with van der Waals surface area (Å²) in [5.41, 5.74) is 0.642. The van der Waals surface area contributed by atoms with Crippen LogP contribution in [-0.2, 0) is 0 Å². The summed E-state index contributed by atoms with van der Waals surface area (Å²) in [4.78, 5) is 13.3. The van der Waals surface area contributed by atoms with E-state index in [1.165, 1.54) is 6.42 Å². The minimum absolute atomic E-state index is 0.163. The fraction of sp³-hybridized carbons (Fsp3) is 0.600. The zero-order valence-corrected chi connectivity index (χ0v) is 8.86. The van der Waals surface area contributed by atoms with E-state index in [1.807, 2.05) is 0 Å². The molecular weight excluding hydrogens is 192 g/mol. The Balaban J connectivity index is 1.99. The van der Waals surface area contributed by atoms with E-state index in [1.54, 1.807) is 12.3 Å². The van der Waals surface area contributed by atoms with Crippen molar-refractivity contribution >= 4 is 5.69 Å². The number of hydrogen-bond acceptors (Lipinski definition) is 4. The molecule has 1 fully saturated rings.